The molecule has 2 aromatic rings. The van der Waals surface area contributed by atoms with Gasteiger partial charge < -0.3 is 19.4 Å². The van der Waals surface area contributed by atoms with Crippen LogP contribution in [0.3, 0.4) is 0 Å². The minimum absolute atomic E-state index is 0.410. The first-order chi connectivity index (χ1) is 10.2. The van der Waals surface area contributed by atoms with Crippen LogP contribution in [0.1, 0.15) is 27.7 Å². The molecule has 1 aliphatic heterocycles. The van der Waals surface area contributed by atoms with E-state index < -0.39 is 24.4 Å². The third-order valence-corrected chi connectivity index (χ3v) is 4.47. The number of benzene rings is 1. The lowest BCUT2D eigenvalue weighted by Crippen LogP contribution is -2.41. The molecule has 6 nitrogen and oxygen atoms in total. The van der Waals surface area contributed by atoms with Gasteiger partial charge in [-0.2, -0.15) is 0 Å². The van der Waals surface area contributed by atoms with Crippen molar-refractivity contribution in [3.63, 3.8) is 0 Å². The second kappa shape index (κ2) is 4.76. The number of carboxylic acid groups (broad SMARTS) is 1. The van der Waals surface area contributed by atoms with Gasteiger partial charge in [-0.3, -0.25) is 5.32 Å². The highest BCUT2D eigenvalue weighted by Gasteiger charge is 2.51. The third-order valence-electron chi connectivity index (χ3n) is 4.47. The molecule has 1 aromatic heterocycles. The van der Waals surface area contributed by atoms with Crippen molar-refractivity contribution in [3.05, 3.63) is 24.4 Å². The van der Waals surface area contributed by atoms with Gasteiger partial charge in [0, 0.05) is 17.1 Å². The Morgan fingerprint density at radius 2 is 1.86 bits per heavy atom. The molecule has 22 heavy (non-hydrogen) atoms. The molecule has 7 heteroatoms. The Labute approximate surface area is 128 Å². The van der Waals surface area contributed by atoms with Crippen LogP contribution >= 0.6 is 0 Å². The molecule has 0 aliphatic carbocycles. The van der Waals surface area contributed by atoms with Gasteiger partial charge in [-0.1, -0.05) is 12.1 Å². The van der Waals surface area contributed by atoms with Crippen molar-refractivity contribution in [2.45, 2.75) is 38.9 Å². The summed E-state index contributed by atoms with van der Waals surface area (Å²) in [7, 11) is -0.470. The molecule has 1 saturated heterocycles. The lowest BCUT2D eigenvalue weighted by atomic mass is 9.78. The van der Waals surface area contributed by atoms with Gasteiger partial charge in [0.1, 0.15) is 0 Å². The van der Waals surface area contributed by atoms with Crippen LogP contribution in [-0.4, -0.2) is 34.5 Å². The van der Waals surface area contributed by atoms with Crippen molar-refractivity contribution in [2.75, 3.05) is 5.32 Å². The Morgan fingerprint density at radius 3 is 2.45 bits per heavy atom. The lowest BCUT2D eigenvalue weighted by molar-refractivity contribution is 0.00578. The van der Waals surface area contributed by atoms with Crippen molar-refractivity contribution in [1.29, 1.82) is 0 Å². The van der Waals surface area contributed by atoms with Crippen molar-refractivity contribution >= 4 is 35.3 Å². The molecule has 2 heterocycles. The highest BCUT2D eigenvalue weighted by atomic mass is 16.7. The van der Waals surface area contributed by atoms with Crippen LogP contribution in [0.25, 0.3) is 10.9 Å². The fraction of sp³-hybridized carbons (Fsp3) is 0.400. The van der Waals surface area contributed by atoms with Crippen molar-refractivity contribution < 1.29 is 19.2 Å². The Bertz CT molecular complexity index is 722. The van der Waals surface area contributed by atoms with Crippen LogP contribution in [0.15, 0.2) is 24.4 Å². The van der Waals surface area contributed by atoms with Crippen LogP contribution in [0, 0.1) is 0 Å². The first-order valence-corrected chi connectivity index (χ1v) is 7.16. The predicted octanol–water partition coefficient (Wildman–Crippen LogP) is 2.56. The number of amides is 1. The molecule has 0 spiro atoms. The standard InChI is InChI=1S/C15H19BN2O4/c1-14(2)15(3,4)22-16(21-14)9-5-6-11-10(7-9)12(8-17-11)18-13(19)20/h5-8,17-18H,1-4H3,(H,19,20). The largest absolute Gasteiger partial charge is 0.494 e. The molecule has 3 rings (SSSR count). The van der Waals surface area contributed by atoms with E-state index in [1.54, 1.807) is 6.20 Å². The molecule has 0 saturated carbocycles. The van der Waals surface area contributed by atoms with E-state index in [2.05, 4.69) is 10.3 Å². The SMILES string of the molecule is CC1(C)OB(c2ccc3[nH]cc(NC(=O)O)c3c2)OC1(C)C. The molecule has 3 N–H and O–H groups in total. The number of aromatic amines is 1. The fourth-order valence-corrected chi connectivity index (χ4v) is 2.48. The van der Waals surface area contributed by atoms with Gasteiger partial charge in [-0.15, -0.1) is 0 Å². The zero-order valence-electron chi connectivity index (χ0n) is 13.1. The number of carbonyl (C=O) groups is 1. The molecule has 0 radical (unpaired) electrons. The van der Waals surface area contributed by atoms with Gasteiger partial charge in [0.15, 0.2) is 0 Å². The molecular formula is C15H19BN2O4. The van der Waals surface area contributed by atoms with Crippen molar-refractivity contribution in [3.8, 4) is 0 Å². The van der Waals surface area contributed by atoms with Crippen molar-refractivity contribution in [2.24, 2.45) is 0 Å². The summed E-state index contributed by atoms with van der Waals surface area (Å²) in [6.45, 7) is 8.00. The second-order valence-corrected chi connectivity index (χ2v) is 6.53. The van der Waals surface area contributed by atoms with E-state index in [9.17, 15) is 4.79 Å². The van der Waals surface area contributed by atoms with E-state index in [0.29, 0.717) is 5.69 Å². The van der Waals surface area contributed by atoms with E-state index in [0.717, 1.165) is 16.4 Å². The van der Waals surface area contributed by atoms with Crippen molar-refractivity contribution in [1.82, 2.24) is 4.98 Å². The van der Waals surface area contributed by atoms with Gasteiger partial charge in [-0.25, -0.2) is 4.79 Å². The lowest BCUT2D eigenvalue weighted by Gasteiger charge is -2.32. The first kappa shape index (κ1) is 14.9. The maximum Gasteiger partial charge on any atom is 0.494 e. The van der Waals surface area contributed by atoms with Gasteiger partial charge in [0.05, 0.1) is 16.9 Å². The topological polar surface area (TPSA) is 83.6 Å². The molecule has 0 atom stereocenters. The Morgan fingerprint density at radius 1 is 1.23 bits per heavy atom. The van der Waals surface area contributed by atoms with Crippen LogP contribution in [0.5, 0.6) is 0 Å². The summed E-state index contributed by atoms with van der Waals surface area (Å²) in [6.07, 6.45) is 0.536. The van der Waals surface area contributed by atoms with Crippen LogP contribution in [-0.2, 0) is 9.31 Å². The minimum Gasteiger partial charge on any atom is -0.465 e. The Kier molecular flexibility index (Phi) is 3.23. The molecule has 116 valence electrons. The van der Waals surface area contributed by atoms with E-state index >= 15 is 0 Å². The first-order valence-electron chi connectivity index (χ1n) is 7.16. The number of hydrogen-bond donors (Lipinski definition) is 3. The molecular weight excluding hydrogens is 283 g/mol. The Balaban J connectivity index is 1.97. The predicted molar refractivity (Wildman–Crippen MR) is 85.7 cm³/mol. The van der Waals surface area contributed by atoms with Gasteiger partial charge in [0.2, 0.25) is 0 Å². The van der Waals surface area contributed by atoms with Crippen LogP contribution in [0.2, 0.25) is 0 Å². The number of anilines is 1. The summed E-state index contributed by atoms with van der Waals surface area (Å²) >= 11 is 0. The number of hydrogen-bond acceptors (Lipinski definition) is 3. The number of nitrogens with one attached hydrogen (secondary N) is 2. The highest BCUT2D eigenvalue weighted by molar-refractivity contribution is 6.62. The fourth-order valence-electron chi connectivity index (χ4n) is 2.48. The molecule has 1 aliphatic rings. The molecule has 1 aromatic carbocycles. The third kappa shape index (κ3) is 2.36. The minimum atomic E-state index is -1.10. The van der Waals surface area contributed by atoms with Gasteiger partial charge >= 0.3 is 13.2 Å². The summed E-state index contributed by atoms with van der Waals surface area (Å²) in [4.78, 5) is 13.9. The molecule has 0 bridgehead atoms. The number of fused-ring (bicyclic) bond motifs is 1. The summed E-state index contributed by atoms with van der Waals surface area (Å²) in [5, 5.41) is 12.1. The quantitative estimate of drug-likeness (QED) is 0.744. The van der Waals surface area contributed by atoms with Gasteiger partial charge in [-0.05, 0) is 39.2 Å². The maximum atomic E-state index is 10.8. The van der Waals surface area contributed by atoms with E-state index in [1.165, 1.54) is 0 Å². The van der Waals surface area contributed by atoms with E-state index in [1.807, 2.05) is 45.9 Å². The average Bonchev–Trinajstić information content (AvgIpc) is 2.88. The molecule has 1 fully saturated rings. The van der Waals surface area contributed by atoms with E-state index in [4.69, 9.17) is 14.4 Å². The number of aromatic nitrogens is 1. The monoisotopic (exact) mass is 302 g/mol. The zero-order chi connectivity index (χ0) is 16.1. The van der Waals surface area contributed by atoms with E-state index in [-0.39, 0.29) is 0 Å². The summed E-state index contributed by atoms with van der Waals surface area (Å²) in [5.74, 6) is 0. The number of H-pyrrole nitrogens is 1. The Hall–Kier alpha value is -1.99. The zero-order valence-corrected chi connectivity index (χ0v) is 13.1. The molecule has 0 unspecified atom stereocenters. The summed E-state index contributed by atoms with van der Waals surface area (Å²) < 4.78 is 12.1. The van der Waals surface area contributed by atoms with Crippen LogP contribution < -0.4 is 10.8 Å². The highest BCUT2D eigenvalue weighted by Crippen LogP contribution is 2.36. The van der Waals surface area contributed by atoms with Crippen LogP contribution in [0.4, 0.5) is 10.5 Å². The van der Waals surface area contributed by atoms with Gasteiger partial charge in [0.25, 0.3) is 0 Å². The molecule has 1 amide bonds. The smallest absolute Gasteiger partial charge is 0.465 e. The normalized spacial score (nSPS) is 19.5. The average molecular weight is 302 g/mol. The maximum absolute atomic E-state index is 10.8. The second-order valence-electron chi connectivity index (χ2n) is 6.53. The number of rotatable bonds is 2. The summed E-state index contributed by atoms with van der Waals surface area (Å²) in [6, 6.07) is 5.70. The summed E-state index contributed by atoms with van der Waals surface area (Å²) in [5.41, 5.74) is 1.41.